The van der Waals surface area contributed by atoms with Crippen LogP contribution >= 0.6 is 11.3 Å². The van der Waals surface area contributed by atoms with E-state index in [4.69, 9.17) is 5.11 Å². The van der Waals surface area contributed by atoms with Crippen molar-refractivity contribution in [2.45, 2.75) is 32.2 Å². The van der Waals surface area contributed by atoms with Crippen molar-refractivity contribution in [3.63, 3.8) is 0 Å². The third kappa shape index (κ3) is 3.93. The molecule has 6 nitrogen and oxygen atoms in total. The molecule has 2 heterocycles. The number of aromatic nitrogens is 1. The van der Waals surface area contributed by atoms with Crippen molar-refractivity contribution in [2.24, 2.45) is 5.92 Å². The van der Waals surface area contributed by atoms with E-state index in [1.807, 2.05) is 12.3 Å². The maximum atomic E-state index is 12.1. The van der Waals surface area contributed by atoms with Gasteiger partial charge in [-0.3, -0.25) is 4.79 Å². The highest BCUT2D eigenvalue weighted by atomic mass is 32.1. The van der Waals surface area contributed by atoms with Crippen molar-refractivity contribution in [3.05, 3.63) is 16.6 Å². The van der Waals surface area contributed by atoms with Crippen LogP contribution < -0.4 is 5.32 Å². The molecule has 1 saturated heterocycles. The fraction of sp³-hybridized carbons (Fsp3) is 0.615. The summed E-state index contributed by atoms with van der Waals surface area (Å²) in [5, 5.41) is 14.5. The maximum Gasteiger partial charge on any atom is 0.317 e. The molecule has 1 aliphatic rings. The van der Waals surface area contributed by atoms with Gasteiger partial charge in [-0.25, -0.2) is 9.78 Å². The summed E-state index contributed by atoms with van der Waals surface area (Å²) in [5.74, 6) is -0.571. The number of thiazole rings is 1. The van der Waals surface area contributed by atoms with Gasteiger partial charge >= 0.3 is 12.0 Å². The first-order valence-corrected chi connectivity index (χ1v) is 7.61. The molecule has 1 aromatic heterocycles. The van der Waals surface area contributed by atoms with Crippen molar-refractivity contribution >= 4 is 23.3 Å². The number of hydrogen-bond donors (Lipinski definition) is 2. The lowest BCUT2D eigenvalue weighted by Gasteiger charge is -2.32. The molecule has 0 aliphatic carbocycles. The molecule has 1 unspecified atom stereocenters. The summed E-state index contributed by atoms with van der Waals surface area (Å²) < 4.78 is 0. The molecule has 1 aliphatic heterocycles. The minimum atomic E-state index is -0.759. The van der Waals surface area contributed by atoms with Crippen LogP contribution in [0.1, 0.15) is 37.2 Å². The normalized spacial score (nSPS) is 17.8. The standard InChI is InChI=1S/C13H19N3O3S/c1-9(12-14-4-7-20-12)15-13(19)16-5-2-10(3-6-16)8-11(17)18/h4,7,9-10H,2-3,5-6,8H2,1H3,(H,15,19)(H,17,18). The summed E-state index contributed by atoms with van der Waals surface area (Å²) in [6.45, 7) is 3.15. The molecule has 2 amide bonds. The lowest BCUT2D eigenvalue weighted by atomic mass is 9.94. The number of piperidine rings is 1. The fourth-order valence-corrected chi connectivity index (χ4v) is 3.02. The third-order valence-corrected chi connectivity index (χ3v) is 4.49. The molecule has 0 radical (unpaired) electrons. The van der Waals surface area contributed by atoms with E-state index in [2.05, 4.69) is 10.3 Å². The first-order valence-electron chi connectivity index (χ1n) is 6.73. The Morgan fingerprint density at radius 3 is 2.80 bits per heavy atom. The molecule has 0 spiro atoms. The molecule has 1 fully saturated rings. The van der Waals surface area contributed by atoms with Crippen LogP contribution in [0, 0.1) is 5.92 Å². The first-order chi connectivity index (χ1) is 9.56. The monoisotopic (exact) mass is 297 g/mol. The fourth-order valence-electron chi connectivity index (χ4n) is 2.37. The van der Waals surface area contributed by atoms with Crippen molar-refractivity contribution in [1.29, 1.82) is 0 Å². The lowest BCUT2D eigenvalue weighted by Crippen LogP contribution is -2.45. The van der Waals surface area contributed by atoms with E-state index in [-0.39, 0.29) is 24.4 Å². The van der Waals surface area contributed by atoms with E-state index < -0.39 is 5.97 Å². The number of amides is 2. The lowest BCUT2D eigenvalue weighted by molar-refractivity contribution is -0.138. The highest BCUT2D eigenvalue weighted by Gasteiger charge is 2.25. The molecule has 1 aromatic rings. The van der Waals surface area contributed by atoms with Crippen LogP contribution in [0.4, 0.5) is 4.79 Å². The zero-order valence-corrected chi connectivity index (χ0v) is 12.2. The Kier molecular flexibility index (Phi) is 4.94. The number of aliphatic carboxylic acids is 1. The van der Waals surface area contributed by atoms with Gasteiger partial charge in [0.2, 0.25) is 0 Å². The number of carboxylic acids is 1. The van der Waals surface area contributed by atoms with Crippen molar-refractivity contribution in [2.75, 3.05) is 13.1 Å². The second-order valence-electron chi connectivity index (χ2n) is 5.07. The van der Waals surface area contributed by atoms with Gasteiger partial charge in [0.25, 0.3) is 0 Å². The van der Waals surface area contributed by atoms with Gasteiger partial charge in [-0.2, -0.15) is 0 Å². The van der Waals surface area contributed by atoms with Crippen LogP contribution in [-0.2, 0) is 4.79 Å². The summed E-state index contributed by atoms with van der Waals surface area (Å²) in [7, 11) is 0. The summed E-state index contributed by atoms with van der Waals surface area (Å²) in [6, 6.07) is -0.194. The average Bonchev–Trinajstić information content (AvgIpc) is 2.92. The Hall–Kier alpha value is -1.63. The van der Waals surface area contributed by atoms with E-state index in [1.54, 1.807) is 11.1 Å². The van der Waals surface area contributed by atoms with E-state index in [0.717, 1.165) is 17.8 Å². The van der Waals surface area contributed by atoms with Gasteiger partial charge in [0.05, 0.1) is 6.04 Å². The Morgan fingerprint density at radius 1 is 1.55 bits per heavy atom. The minimum absolute atomic E-state index is 0.0959. The van der Waals surface area contributed by atoms with Gasteiger partial charge in [-0.05, 0) is 25.7 Å². The van der Waals surface area contributed by atoms with Gasteiger partial charge < -0.3 is 15.3 Å². The van der Waals surface area contributed by atoms with Gasteiger partial charge in [-0.1, -0.05) is 0 Å². The number of urea groups is 1. The number of likely N-dealkylation sites (tertiary alicyclic amines) is 1. The average molecular weight is 297 g/mol. The van der Waals surface area contributed by atoms with Gasteiger partial charge in [0, 0.05) is 31.1 Å². The largest absolute Gasteiger partial charge is 0.481 e. The van der Waals surface area contributed by atoms with E-state index >= 15 is 0 Å². The quantitative estimate of drug-likeness (QED) is 0.891. The summed E-state index contributed by atoms with van der Waals surface area (Å²) in [5.41, 5.74) is 0. The number of nitrogens with one attached hydrogen (secondary N) is 1. The van der Waals surface area contributed by atoms with Gasteiger partial charge in [0.15, 0.2) is 0 Å². The molecule has 20 heavy (non-hydrogen) atoms. The van der Waals surface area contributed by atoms with Gasteiger partial charge in [-0.15, -0.1) is 11.3 Å². The second-order valence-corrected chi connectivity index (χ2v) is 6.00. The molecule has 0 aromatic carbocycles. The topological polar surface area (TPSA) is 82.5 Å². The van der Waals surface area contributed by atoms with Crippen molar-refractivity contribution < 1.29 is 14.7 Å². The highest BCUT2D eigenvalue weighted by molar-refractivity contribution is 7.09. The van der Waals surface area contributed by atoms with E-state index in [9.17, 15) is 9.59 Å². The zero-order valence-electron chi connectivity index (χ0n) is 11.4. The minimum Gasteiger partial charge on any atom is -0.481 e. The van der Waals surface area contributed by atoms with Crippen molar-refractivity contribution in [1.82, 2.24) is 15.2 Å². The van der Waals surface area contributed by atoms with Crippen LogP contribution in [0.3, 0.4) is 0 Å². The Balaban J connectivity index is 1.78. The predicted octanol–water partition coefficient (Wildman–Crippen LogP) is 2.10. The zero-order chi connectivity index (χ0) is 14.5. The number of hydrogen-bond acceptors (Lipinski definition) is 4. The van der Waals surface area contributed by atoms with Crippen LogP contribution in [0.25, 0.3) is 0 Å². The Bertz CT molecular complexity index is 455. The number of rotatable bonds is 4. The molecule has 0 saturated carbocycles. The molecule has 7 heteroatoms. The van der Waals surface area contributed by atoms with Crippen LogP contribution in [-0.4, -0.2) is 40.1 Å². The predicted molar refractivity (Wildman–Crippen MR) is 75.6 cm³/mol. The molecular weight excluding hydrogens is 278 g/mol. The molecule has 2 N–H and O–H groups in total. The molecule has 2 rings (SSSR count). The summed E-state index contributed by atoms with van der Waals surface area (Å²) in [4.78, 5) is 28.7. The SMILES string of the molecule is CC(NC(=O)N1CCC(CC(=O)O)CC1)c1nccs1. The maximum absolute atomic E-state index is 12.1. The number of carboxylic acid groups (broad SMARTS) is 1. The molecule has 1 atom stereocenters. The number of carbonyl (C=O) groups is 2. The van der Waals surface area contributed by atoms with E-state index in [0.29, 0.717) is 13.1 Å². The van der Waals surface area contributed by atoms with Crippen LogP contribution in [0.5, 0.6) is 0 Å². The third-order valence-electron chi connectivity index (χ3n) is 3.53. The van der Waals surface area contributed by atoms with Crippen molar-refractivity contribution in [3.8, 4) is 0 Å². The first kappa shape index (κ1) is 14.8. The smallest absolute Gasteiger partial charge is 0.317 e. The highest BCUT2D eigenvalue weighted by Crippen LogP contribution is 2.21. The number of nitrogens with zero attached hydrogens (tertiary/aromatic N) is 2. The van der Waals surface area contributed by atoms with Gasteiger partial charge in [0.1, 0.15) is 5.01 Å². The van der Waals surface area contributed by atoms with Crippen LogP contribution in [0.15, 0.2) is 11.6 Å². The Labute approximate surface area is 121 Å². The second kappa shape index (κ2) is 6.69. The molecule has 0 bridgehead atoms. The molecular formula is C13H19N3O3S. The van der Waals surface area contributed by atoms with E-state index in [1.165, 1.54) is 11.3 Å². The number of carbonyl (C=O) groups excluding carboxylic acids is 1. The summed E-state index contributed by atoms with van der Waals surface area (Å²) in [6.07, 6.45) is 3.43. The van der Waals surface area contributed by atoms with Crippen LogP contribution in [0.2, 0.25) is 0 Å². The summed E-state index contributed by atoms with van der Waals surface area (Å²) >= 11 is 1.52. The Morgan fingerprint density at radius 2 is 2.25 bits per heavy atom. The molecule has 110 valence electrons.